The molecule has 0 bridgehead atoms. The van der Waals surface area contributed by atoms with Gasteiger partial charge in [-0.25, -0.2) is 0 Å². The highest BCUT2D eigenvalue weighted by Gasteiger charge is 2.45. The molecular weight excluding hydrogens is 470 g/mol. The van der Waals surface area contributed by atoms with E-state index in [1.807, 2.05) is 31.2 Å². The van der Waals surface area contributed by atoms with E-state index in [-0.39, 0.29) is 5.41 Å². The Hall–Kier alpha value is -4.88. The SMILES string of the molecule is C=C/C(=C\C=C/C)Nc1ccc(-c2ccc3c(c2)C(c2ccccc2)(c2ccccc2)c2ccccc2-3)cc1. The Morgan fingerprint density at radius 1 is 0.641 bits per heavy atom. The first kappa shape index (κ1) is 24.5. The molecule has 6 rings (SSSR count). The van der Waals surface area contributed by atoms with Crippen molar-refractivity contribution >= 4 is 5.69 Å². The van der Waals surface area contributed by atoms with Crippen molar-refractivity contribution in [2.75, 3.05) is 5.32 Å². The van der Waals surface area contributed by atoms with Crippen LogP contribution in [0.3, 0.4) is 0 Å². The van der Waals surface area contributed by atoms with Crippen LogP contribution in [0.5, 0.6) is 0 Å². The molecule has 1 heteroatoms. The molecule has 0 spiro atoms. The molecule has 5 aromatic rings. The number of rotatable bonds is 7. The number of allylic oxidation sites excluding steroid dienone is 4. The molecule has 0 aromatic heterocycles. The molecule has 0 aliphatic heterocycles. The summed E-state index contributed by atoms with van der Waals surface area (Å²) in [4.78, 5) is 0. The van der Waals surface area contributed by atoms with Crippen molar-refractivity contribution in [3.63, 3.8) is 0 Å². The summed E-state index contributed by atoms with van der Waals surface area (Å²) >= 11 is 0. The van der Waals surface area contributed by atoms with Crippen molar-refractivity contribution in [3.05, 3.63) is 186 Å². The van der Waals surface area contributed by atoms with Gasteiger partial charge >= 0.3 is 0 Å². The molecule has 0 fully saturated rings. The monoisotopic (exact) mass is 501 g/mol. The van der Waals surface area contributed by atoms with Gasteiger partial charge in [0.1, 0.15) is 0 Å². The molecule has 188 valence electrons. The molecule has 0 saturated carbocycles. The van der Waals surface area contributed by atoms with E-state index in [1.165, 1.54) is 44.5 Å². The highest BCUT2D eigenvalue weighted by atomic mass is 14.9. The second-order valence-corrected chi connectivity index (χ2v) is 9.84. The van der Waals surface area contributed by atoms with Crippen LogP contribution in [0, 0.1) is 0 Å². The second-order valence-electron chi connectivity index (χ2n) is 9.84. The van der Waals surface area contributed by atoms with E-state index in [0.29, 0.717) is 0 Å². The zero-order valence-corrected chi connectivity index (χ0v) is 22.1. The van der Waals surface area contributed by atoms with E-state index in [2.05, 4.69) is 139 Å². The summed E-state index contributed by atoms with van der Waals surface area (Å²) in [6, 6.07) is 46.4. The van der Waals surface area contributed by atoms with Crippen LogP contribution in [0.4, 0.5) is 5.69 Å². The van der Waals surface area contributed by atoms with Gasteiger partial charge in [-0.15, -0.1) is 0 Å². The summed E-state index contributed by atoms with van der Waals surface area (Å²) in [6.45, 7) is 5.93. The number of fused-ring (bicyclic) bond motifs is 3. The van der Waals surface area contributed by atoms with Crippen LogP contribution in [0.2, 0.25) is 0 Å². The number of benzene rings is 5. The average Bonchev–Trinajstić information content (AvgIpc) is 3.31. The molecule has 0 atom stereocenters. The Morgan fingerprint density at radius 3 is 1.87 bits per heavy atom. The van der Waals surface area contributed by atoms with Crippen molar-refractivity contribution < 1.29 is 0 Å². The van der Waals surface area contributed by atoms with Crippen LogP contribution < -0.4 is 5.32 Å². The lowest BCUT2D eigenvalue weighted by Crippen LogP contribution is -2.28. The molecule has 0 radical (unpaired) electrons. The minimum absolute atomic E-state index is 0.387. The summed E-state index contributed by atoms with van der Waals surface area (Å²) in [5, 5.41) is 3.44. The van der Waals surface area contributed by atoms with Gasteiger partial charge in [0.05, 0.1) is 5.41 Å². The lowest BCUT2D eigenvalue weighted by Gasteiger charge is -2.34. The first-order valence-electron chi connectivity index (χ1n) is 13.4. The van der Waals surface area contributed by atoms with Crippen molar-refractivity contribution in [1.29, 1.82) is 0 Å². The summed E-state index contributed by atoms with van der Waals surface area (Å²) < 4.78 is 0. The molecule has 0 heterocycles. The largest absolute Gasteiger partial charge is 0.356 e. The maximum absolute atomic E-state index is 3.92. The minimum Gasteiger partial charge on any atom is -0.356 e. The summed E-state index contributed by atoms with van der Waals surface area (Å²) in [5.41, 5.74) is 11.8. The van der Waals surface area contributed by atoms with Gasteiger partial charge in [0.25, 0.3) is 0 Å². The summed E-state index contributed by atoms with van der Waals surface area (Å²) in [6.07, 6.45) is 7.86. The standard InChI is InChI=1S/C38H31N/c1-3-5-18-32(4-2)39-33-24-21-28(22-25-33)29-23-26-35-34-19-12-13-20-36(34)38(37(35)27-29,30-14-8-6-9-15-30)31-16-10-7-11-17-31/h3-27,39H,2H2,1H3/b5-3-,32-18+. The lowest BCUT2D eigenvalue weighted by atomic mass is 9.67. The number of hydrogen-bond acceptors (Lipinski definition) is 1. The van der Waals surface area contributed by atoms with Gasteiger partial charge in [0.2, 0.25) is 0 Å². The maximum Gasteiger partial charge on any atom is 0.0713 e. The van der Waals surface area contributed by atoms with E-state index in [1.54, 1.807) is 0 Å². The normalized spacial score (nSPS) is 13.6. The third-order valence-electron chi connectivity index (χ3n) is 7.65. The molecule has 5 aromatic carbocycles. The number of nitrogens with one attached hydrogen (secondary N) is 1. The van der Waals surface area contributed by atoms with Gasteiger partial charge in [0, 0.05) is 11.4 Å². The summed E-state index contributed by atoms with van der Waals surface area (Å²) in [7, 11) is 0. The topological polar surface area (TPSA) is 12.0 Å². The molecule has 0 amide bonds. The Kier molecular flexibility index (Phi) is 6.57. The predicted octanol–water partition coefficient (Wildman–Crippen LogP) is 9.77. The fraction of sp³-hybridized carbons (Fsp3) is 0.0526. The first-order chi connectivity index (χ1) is 19.3. The molecule has 0 saturated heterocycles. The Labute approximate surface area is 231 Å². The Bertz CT molecular complexity index is 1630. The van der Waals surface area contributed by atoms with Crippen LogP contribution in [0.1, 0.15) is 29.2 Å². The van der Waals surface area contributed by atoms with Gasteiger partial charge in [-0.2, -0.15) is 0 Å². The van der Waals surface area contributed by atoms with Gasteiger partial charge < -0.3 is 5.32 Å². The van der Waals surface area contributed by atoms with Crippen LogP contribution >= 0.6 is 0 Å². The van der Waals surface area contributed by atoms with E-state index in [9.17, 15) is 0 Å². The lowest BCUT2D eigenvalue weighted by molar-refractivity contribution is 0.769. The molecule has 1 nitrogen and oxygen atoms in total. The third kappa shape index (κ3) is 4.23. The second kappa shape index (κ2) is 10.5. The quantitative estimate of drug-likeness (QED) is 0.215. The smallest absolute Gasteiger partial charge is 0.0713 e. The first-order valence-corrected chi connectivity index (χ1v) is 13.4. The minimum atomic E-state index is -0.387. The predicted molar refractivity (Wildman–Crippen MR) is 166 cm³/mol. The van der Waals surface area contributed by atoms with E-state index in [4.69, 9.17) is 0 Å². The van der Waals surface area contributed by atoms with Gasteiger partial charge in [-0.1, -0.05) is 128 Å². The van der Waals surface area contributed by atoms with Gasteiger partial charge in [-0.3, -0.25) is 0 Å². The van der Waals surface area contributed by atoms with Crippen molar-refractivity contribution in [2.24, 2.45) is 0 Å². The number of anilines is 1. The van der Waals surface area contributed by atoms with Crippen LogP contribution in [0.25, 0.3) is 22.3 Å². The van der Waals surface area contributed by atoms with Crippen LogP contribution in [-0.2, 0) is 5.41 Å². The average molecular weight is 502 g/mol. The molecular formula is C38H31N. The third-order valence-corrected chi connectivity index (χ3v) is 7.65. The van der Waals surface area contributed by atoms with Crippen molar-refractivity contribution in [3.8, 4) is 22.3 Å². The molecule has 1 N–H and O–H groups in total. The highest BCUT2D eigenvalue weighted by Crippen LogP contribution is 2.56. The van der Waals surface area contributed by atoms with E-state index >= 15 is 0 Å². The molecule has 0 unspecified atom stereocenters. The zero-order valence-electron chi connectivity index (χ0n) is 22.1. The Balaban J connectivity index is 1.50. The van der Waals surface area contributed by atoms with Crippen molar-refractivity contribution in [2.45, 2.75) is 12.3 Å². The molecule has 1 aliphatic carbocycles. The van der Waals surface area contributed by atoms with Crippen molar-refractivity contribution in [1.82, 2.24) is 0 Å². The fourth-order valence-electron chi connectivity index (χ4n) is 5.90. The highest BCUT2D eigenvalue weighted by molar-refractivity contribution is 5.88. The van der Waals surface area contributed by atoms with E-state index in [0.717, 1.165) is 11.4 Å². The van der Waals surface area contributed by atoms with Gasteiger partial charge in [0.15, 0.2) is 0 Å². The summed E-state index contributed by atoms with van der Waals surface area (Å²) in [5.74, 6) is 0. The molecule has 39 heavy (non-hydrogen) atoms. The Morgan fingerprint density at radius 2 is 1.23 bits per heavy atom. The number of hydrogen-bond donors (Lipinski definition) is 1. The van der Waals surface area contributed by atoms with Crippen LogP contribution in [0.15, 0.2) is 164 Å². The zero-order chi connectivity index (χ0) is 26.7. The molecule has 1 aliphatic rings. The maximum atomic E-state index is 3.92. The van der Waals surface area contributed by atoms with E-state index < -0.39 is 0 Å². The fourth-order valence-corrected chi connectivity index (χ4v) is 5.90. The van der Waals surface area contributed by atoms with Gasteiger partial charge in [-0.05, 0) is 81.8 Å². The van der Waals surface area contributed by atoms with Crippen LogP contribution in [-0.4, -0.2) is 0 Å².